The first-order chi connectivity index (χ1) is 39.1. The van der Waals surface area contributed by atoms with Crippen LogP contribution in [0.25, 0.3) is 0 Å². The van der Waals surface area contributed by atoms with Crippen LogP contribution in [0.2, 0.25) is 0 Å². The van der Waals surface area contributed by atoms with Crippen LogP contribution in [-0.4, -0.2) is 178 Å². The SMILES string of the molecule is C[C@H](NC(=O)O)C(=O)N[C@@H](C)C(=O)N[C@@H](C)C(=O)N[C@@H](Cc1ccc(O)cc1)C(=O)N[C@@H](C)C(=O)N[C@@H](C)C(=O)NCC(=O)N[C@@H](Cc1ccc(O)cc1)C(=O)N[C@@H](C)C(=O)N[C@@H](C)C(=O)N[C@@H](C)C(=O)NCCCNc1ncc(C=O)s1. The maximum Gasteiger partial charge on any atom is 0.405 e. The number of rotatable bonds is 32. The summed E-state index contributed by atoms with van der Waals surface area (Å²) in [7, 11) is 0. The van der Waals surface area contributed by atoms with Crippen LogP contribution in [0, 0.1) is 0 Å². The Labute approximate surface area is 481 Å². The van der Waals surface area contributed by atoms with Gasteiger partial charge in [-0.05, 0) is 97.2 Å². The van der Waals surface area contributed by atoms with Crippen molar-refractivity contribution in [3.8, 4) is 11.5 Å². The van der Waals surface area contributed by atoms with Crippen molar-refractivity contribution >= 4 is 93.8 Å². The summed E-state index contributed by atoms with van der Waals surface area (Å²) in [6.07, 6.45) is 0.827. The van der Waals surface area contributed by atoms with Crippen LogP contribution in [-0.2, 0) is 65.6 Å². The molecule has 0 aliphatic heterocycles. The molecule has 30 nitrogen and oxygen atoms in total. The molecule has 0 saturated carbocycles. The standard InChI is InChI=1S/C52H72N14O16S/c1-25(41(71)53-18-9-19-54-51-56-22-37(24-67)83-51)57-43(73)27(3)59-46(76)30(6)62-49(79)38(20-33-10-14-35(68)15-11-33)65-40(70)23-55-42(72)26(2)58-45(75)29(5)63-50(80)39(21-34-12-16-36(69)17-13-34)66-48(78)31(7)61-44(74)28(4)60-47(77)32(8)64-52(81)82/h10-17,22,24-32,38-39,64,68-69H,9,18-21,23H2,1-8H3,(H,53,71)(H,54,56)(H,55,72)(H,57,73)(H,58,75)(H,59,76)(H,60,77)(H,61,74)(H,62,79)(H,63,80)(H,65,70)(H,66,78)(H,81,82)/t25-,26-,27-,28-,29-,30-,31-,32-,38-,39-/m0/s1. The predicted molar refractivity (Wildman–Crippen MR) is 298 cm³/mol. The zero-order valence-corrected chi connectivity index (χ0v) is 47.6. The number of amides is 12. The summed E-state index contributed by atoms with van der Waals surface area (Å²) in [6.45, 7) is 10.5. The van der Waals surface area contributed by atoms with Gasteiger partial charge >= 0.3 is 6.09 Å². The highest BCUT2D eigenvalue weighted by atomic mass is 32.1. The van der Waals surface area contributed by atoms with E-state index in [1.165, 1.54) is 121 Å². The van der Waals surface area contributed by atoms with Crippen molar-refractivity contribution in [2.45, 2.75) is 135 Å². The van der Waals surface area contributed by atoms with E-state index in [0.29, 0.717) is 40.4 Å². The van der Waals surface area contributed by atoms with E-state index in [-0.39, 0.29) is 30.9 Å². The molecular weight excluding hydrogens is 1110 g/mol. The number of aromatic hydroxyl groups is 2. The van der Waals surface area contributed by atoms with Gasteiger partial charge in [0, 0.05) is 25.9 Å². The molecule has 83 heavy (non-hydrogen) atoms. The number of benzene rings is 2. The maximum atomic E-state index is 13.7. The minimum absolute atomic E-state index is 0.0812. The van der Waals surface area contributed by atoms with Gasteiger partial charge in [-0.15, -0.1) is 0 Å². The number of aldehydes is 1. The molecule has 10 atom stereocenters. The van der Waals surface area contributed by atoms with Crippen LogP contribution < -0.4 is 69.1 Å². The van der Waals surface area contributed by atoms with Gasteiger partial charge in [0.1, 0.15) is 71.9 Å². The highest BCUT2D eigenvalue weighted by Crippen LogP contribution is 2.16. The molecule has 0 spiro atoms. The molecule has 0 aliphatic carbocycles. The smallest absolute Gasteiger partial charge is 0.405 e. The fourth-order valence-corrected chi connectivity index (χ4v) is 7.77. The fraction of sp³-hybridized carbons (Fsp3) is 0.462. The minimum Gasteiger partial charge on any atom is -0.508 e. The van der Waals surface area contributed by atoms with Gasteiger partial charge in [-0.25, -0.2) is 9.78 Å². The molecule has 3 rings (SSSR count). The van der Waals surface area contributed by atoms with Crippen LogP contribution in [0.3, 0.4) is 0 Å². The second-order valence-corrected chi connectivity index (χ2v) is 20.2. The quantitative estimate of drug-likeness (QED) is 0.0219. The van der Waals surface area contributed by atoms with Crippen LogP contribution in [0.5, 0.6) is 11.5 Å². The number of hydrogen-bond donors (Lipinski definition) is 16. The molecule has 0 fully saturated rings. The average molecular weight is 1180 g/mol. The lowest BCUT2D eigenvalue weighted by atomic mass is 10.0. The van der Waals surface area contributed by atoms with Crippen molar-refractivity contribution in [2.75, 3.05) is 25.0 Å². The number of aromatic nitrogens is 1. The van der Waals surface area contributed by atoms with E-state index >= 15 is 0 Å². The summed E-state index contributed by atoms with van der Waals surface area (Å²) < 4.78 is 0. The lowest BCUT2D eigenvalue weighted by Gasteiger charge is -2.24. The van der Waals surface area contributed by atoms with Gasteiger partial charge in [0.05, 0.1) is 17.6 Å². The van der Waals surface area contributed by atoms with Crippen molar-refractivity contribution in [3.05, 3.63) is 70.7 Å². The number of hydrogen-bond acceptors (Lipinski definition) is 18. The highest BCUT2D eigenvalue weighted by molar-refractivity contribution is 7.17. The van der Waals surface area contributed by atoms with Crippen molar-refractivity contribution in [1.82, 2.24) is 68.8 Å². The Kier molecular flexibility index (Phi) is 27.3. The van der Waals surface area contributed by atoms with E-state index in [4.69, 9.17) is 5.11 Å². The third-order valence-corrected chi connectivity index (χ3v) is 12.9. The molecule has 452 valence electrons. The number of carbonyl (C=O) groups excluding carboxylic acids is 12. The maximum absolute atomic E-state index is 13.7. The van der Waals surface area contributed by atoms with Crippen molar-refractivity contribution in [3.63, 3.8) is 0 Å². The summed E-state index contributed by atoms with van der Waals surface area (Å²) in [5.74, 6) is -9.02. The van der Waals surface area contributed by atoms with E-state index in [2.05, 4.69) is 68.8 Å². The fourth-order valence-electron chi connectivity index (χ4n) is 7.12. The summed E-state index contributed by atoms with van der Waals surface area (Å²) in [5, 5.41) is 61.0. The molecule has 0 radical (unpaired) electrons. The van der Waals surface area contributed by atoms with Gasteiger partial charge in [-0.2, -0.15) is 0 Å². The van der Waals surface area contributed by atoms with E-state index in [1.54, 1.807) is 0 Å². The molecule has 3 aromatic rings. The Morgan fingerprint density at radius 2 is 0.807 bits per heavy atom. The van der Waals surface area contributed by atoms with Gasteiger partial charge in [-0.3, -0.25) is 57.5 Å². The number of carbonyl (C=O) groups is 13. The van der Waals surface area contributed by atoms with Gasteiger partial charge in [0.2, 0.25) is 65.0 Å². The largest absolute Gasteiger partial charge is 0.508 e. The van der Waals surface area contributed by atoms with Crippen molar-refractivity contribution < 1.29 is 77.6 Å². The molecule has 0 saturated heterocycles. The number of nitrogens with one attached hydrogen (secondary N) is 13. The van der Waals surface area contributed by atoms with Crippen LogP contribution >= 0.6 is 11.3 Å². The van der Waals surface area contributed by atoms with Crippen molar-refractivity contribution in [2.24, 2.45) is 0 Å². The predicted octanol–water partition coefficient (Wildman–Crippen LogP) is -2.95. The molecule has 0 bridgehead atoms. The molecule has 31 heteroatoms. The number of phenolic OH excluding ortho intramolecular Hbond substituents is 2. The lowest BCUT2D eigenvalue weighted by molar-refractivity contribution is -0.135. The van der Waals surface area contributed by atoms with E-state index in [0.717, 1.165) is 0 Å². The Morgan fingerprint density at radius 1 is 0.458 bits per heavy atom. The van der Waals surface area contributed by atoms with Crippen LogP contribution in [0.1, 0.15) is 82.6 Å². The van der Waals surface area contributed by atoms with Gasteiger partial charge in [0.25, 0.3) is 0 Å². The minimum atomic E-state index is -1.47. The van der Waals surface area contributed by atoms with Gasteiger partial charge in [-0.1, -0.05) is 35.6 Å². The molecule has 1 aromatic heterocycles. The molecule has 0 aliphatic rings. The molecular formula is C52H72N14O16S. The molecule has 2 aromatic carbocycles. The Morgan fingerprint density at radius 3 is 1.19 bits per heavy atom. The third kappa shape index (κ3) is 24.1. The number of phenols is 2. The summed E-state index contributed by atoms with van der Waals surface area (Å²) in [5.41, 5.74) is 0.933. The number of anilines is 1. The number of nitrogens with zero attached hydrogens (tertiary/aromatic N) is 1. The zero-order valence-electron chi connectivity index (χ0n) is 46.8. The molecule has 16 N–H and O–H groups in total. The van der Waals surface area contributed by atoms with Gasteiger partial charge < -0.3 is 84.4 Å². The summed E-state index contributed by atoms with van der Waals surface area (Å²) in [6, 6.07) is -1.26. The van der Waals surface area contributed by atoms with E-state index in [1.807, 2.05) is 5.32 Å². The first-order valence-corrected chi connectivity index (χ1v) is 26.9. The topological polar surface area (TPSA) is 452 Å². The monoisotopic (exact) mass is 1180 g/mol. The van der Waals surface area contributed by atoms with Crippen LogP contribution in [0.15, 0.2) is 54.7 Å². The second-order valence-electron chi connectivity index (χ2n) is 19.2. The average Bonchev–Trinajstić information content (AvgIpc) is 3.93. The Balaban J connectivity index is 1.55. The first-order valence-electron chi connectivity index (χ1n) is 26.0. The Bertz CT molecular complexity index is 2800. The van der Waals surface area contributed by atoms with E-state index < -0.39 is 138 Å². The van der Waals surface area contributed by atoms with Gasteiger partial charge in [0.15, 0.2) is 11.4 Å². The first kappa shape index (κ1) is 67.9. The normalized spacial score (nSPS) is 14.4. The second kappa shape index (κ2) is 33.4. The highest BCUT2D eigenvalue weighted by Gasteiger charge is 2.31. The summed E-state index contributed by atoms with van der Waals surface area (Å²) in [4.78, 5) is 170. The molecule has 1 heterocycles. The number of thiazole rings is 1. The zero-order chi connectivity index (χ0) is 62.1. The Hall–Kier alpha value is -9.42. The van der Waals surface area contributed by atoms with Crippen LogP contribution in [0.4, 0.5) is 9.93 Å². The molecule has 12 amide bonds. The van der Waals surface area contributed by atoms with Crippen molar-refractivity contribution in [1.29, 1.82) is 0 Å². The third-order valence-electron chi connectivity index (χ3n) is 12.0. The summed E-state index contributed by atoms with van der Waals surface area (Å²) >= 11 is 1.18. The number of carboxylic acid groups (broad SMARTS) is 1. The van der Waals surface area contributed by atoms with E-state index in [9.17, 15) is 72.5 Å². The molecule has 0 unspecified atom stereocenters. The lowest BCUT2D eigenvalue weighted by Crippen LogP contribution is -2.58.